The molecule has 8 heteroatoms. The van der Waals surface area contributed by atoms with E-state index in [0.717, 1.165) is 16.0 Å². The standard InChI is InChI=1S/C20H17BrN2O5/c1-2-23-18(24)16(22-20(23)27)10-13-5-8-17(15(21)9-13)28-11-12-3-6-14(7-4-12)19(25)26/h3-10H,2,11H2,1H3,(H,22,27)(H,25,26)/b16-10+. The number of carboxylic acid groups (broad SMARTS) is 1. The van der Waals surface area contributed by atoms with Gasteiger partial charge in [-0.15, -0.1) is 0 Å². The highest BCUT2D eigenvalue weighted by Crippen LogP contribution is 2.28. The van der Waals surface area contributed by atoms with E-state index < -0.39 is 12.0 Å². The van der Waals surface area contributed by atoms with Gasteiger partial charge >= 0.3 is 12.0 Å². The summed E-state index contributed by atoms with van der Waals surface area (Å²) in [4.78, 5) is 35.8. The molecule has 0 aromatic heterocycles. The Morgan fingerprint density at radius 2 is 1.93 bits per heavy atom. The summed E-state index contributed by atoms with van der Waals surface area (Å²) >= 11 is 3.44. The third kappa shape index (κ3) is 4.23. The number of benzene rings is 2. The van der Waals surface area contributed by atoms with Gasteiger partial charge in [-0.1, -0.05) is 18.2 Å². The van der Waals surface area contributed by atoms with E-state index in [-0.39, 0.29) is 23.8 Å². The number of aromatic carboxylic acids is 1. The quantitative estimate of drug-likeness (QED) is 0.523. The molecule has 0 bridgehead atoms. The second-order valence-corrected chi connectivity index (χ2v) is 6.87. The first kappa shape index (κ1) is 19.6. The smallest absolute Gasteiger partial charge is 0.335 e. The molecule has 2 aromatic rings. The number of nitrogens with one attached hydrogen (secondary N) is 1. The number of likely N-dealkylation sites (N-methyl/N-ethyl adjacent to an activating group) is 1. The number of halogens is 1. The van der Waals surface area contributed by atoms with Crippen LogP contribution in [0.3, 0.4) is 0 Å². The number of nitrogens with zero attached hydrogens (tertiary/aromatic N) is 1. The maximum absolute atomic E-state index is 12.1. The fourth-order valence-electron chi connectivity index (χ4n) is 2.65. The van der Waals surface area contributed by atoms with E-state index in [4.69, 9.17) is 9.84 Å². The first-order valence-corrected chi connectivity index (χ1v) is 9.27. The highest BCUT2D eigenvalue weighted by Gasteiger charge is 2.31. The summed E-state index contributed by atoms with van der Waals surface area (Å²) in [7, 11) is 0. The molecule has 7 nitrogen and oxygen atoms in total. The van der Waals surface area contributed by atoms with Crippen molar-refractivity contribution in [2.75, 3.05) is 6.54 Å². The number of carbonyl (C=O) groups is 3. The monoisotopic (exact) mass is 444 g/mol. The minimum Gasteiger partial charge on any atom is -0.488 e. The Morgan fingerprint density at radius 3 is 2.50 bits per heavy atom. The van der Waals surface area contributed by atoms with E-state index in [9.17, 15) is 14.4 Å². The molecule has 1 heterocycles. The Bertz CT molecular complexity index is 969. The normalized spacial score (nSPS) is 15.1. The lowest BCUT2D eigenvalue weighted by Crippen LogP contribution is -2.30. The van der Waals surface area contributed by atoms with Crippen LogP contribution < -0.4 is 10.1 Å². The van der Waals surface area contributed by atoms with Gasteiger partial charge in [0, 0.05) is 6.54 Å². The Kier molecular flexibility index (Phi) is 5.79. The highest BCUT2D eigenvalue weighted by atomic mass is 79.9. The summed E-state index contributed by atoms with van der Waals surface area (Å²) < 4.78 is 6.45. The molecular formula is C20H17BrN2O5. The van der Waals surface area contributed by atoms with Gasteiger partial charge in [0.25, 0.3) is 5.91 Å². The molecule has 3 rings (SSSR count). The van der Waals surface area contributed by atoms with Crippen LogP contribution in [0.15, 0.2) is 52.6 Å². The van der Waals surface area contributed by atoms with Gasteiger partial charge in [0.15, 0.2) is 0 Å². The number of amides is 3. The lowest BCUT2D eigenvalue weighted by molar-refractivity contribution is -0.122. The maximum atomic E-state index is 12.1. The molecule has 3 amide bonds. The van der Waals surface area contributed by atoms with E-state index in [0.29, 0.717) is 16.8 Å². The largest absolute Gasteiger partial charge is 0.488 e. The summed E-state index contributed by atoms with van der Waals surface area (Å²) in [6.07, 6.45) is 1.61. The molecule has 1 fully saturated rings. The number of hydrogen-bond acceptors (Lipinski definition) is 4. The number of ether oxygens (including phenoxy) is 1. The van der Waals surface area contributed by atoms with Crippen LogP contribution >= 0.6 is 15.9 Å². The minimum atomic E-state index is -0.973. The van der Waals surface area contributed by atoms with Crippen LogP contribution in [0.1, 0.15) is 28.4 Å². The fourth-order valence-corrected chi connectivity index (χ4v) is 3.16. The molecular weight excluding hydrogens is 428 g/mol. The van der Waals surface area contributed by atoms with Crippen molar-refractivity contribution >= 4 is 39.9 Å². The SMILES string of the molecule is CCN1C(=O)N/C(=C/c2ccc(OCc3ccc(C(=O)O)cc3)c(Br)c2)C1=O. The van der Waals surface area contributed by atoms with Crippen molar-refractivity contribution in [3.8, 4) is 5.75 Å². The number of urea groups is 1. The Labute approximate surface area is 169 Å². The molecule has 1 saturated heterocycles. The molecule has 2 aromatic carbocycles. The highest BCUT2D eigenvalue weighted by molar-refractivity contribution is 9.10. The average Bonchev–Trinajstić information content (AvgIpc) is 2.94. The molecule has 1 aliphatic rings. The van der Waals surface area contributed by atoms with E-state index in [1.165, 1.54) is 12.1 Å². The zero-order valence-electron chi connectivity index (χ0n) is 14.9. The van der Waals surface area contributed by atoms with Crippen LogP contribution in [0.25, 0.3) is 6.08 Å². The van der Waals surface area contributed by atoms with Crippen molar-refractivity contribution in [3.63, 3.8) is 0 Å². The van der Waals surface area contributed by atoms with Crippen molar-refractivity contribution in [1.82, 2.24) is 10.2 Å². The number of imide groups is 1. The van der Waals surface area contributed by atoms with Crippen LogP contribution in [0.5, 0.6) is 5.75 Å². The third-order valence-corrected chi connectivity index (χ3v) is 4.76. The van der Waals surface area contributed by atoms with Crippen LogP contribution in [0, 0.1) is 0 Å². The van der Waals surface area contributed by atoms with Gasteiger partial charge < -0.3 is 15.2 Å². The van der Waals surface area contributed by atoms with Gasteiger partial charge in [-0.25, -0.2) is 9.59 Å². The summed E-state index contributed by atoms with van der Waals surface area (Å²) in [5.41, 5.74) is 2.01. The van der Waals surface area contributed by atoms with Crippen LogP contribution in [-0.4, -0.2) is 34.5 Å². The molecule has 144 valence electrons. The van der Waals surface area contributed by atoms with Gasteiger partial charge in [0.2, 0.25) is 0 Å². The van der Waals surface area contributed by atoms with E-state index in [2.05, 4.69) is 21.2 Å². The summed E-state index contributed by atoms with van der Waals surface area (Å²) in [5, 5.41) is 11.5. The van der Waals surface area contributed by atoms with Gasteiger partial charge in [0.05, 0.1) is 10.0 Å². The van der Waals surface area contributed by atoms with Gasteiger partial charge in [0.1, 0.15) is 18.1 Å². The fraction of sp³-hybridized carbons (Fsp3) is 0.150. The lowest BCUT2D eigenvalue weighted by Gasteiger charge is -2.09. The number of rotatable bonds is 6. The first-order chi connectivity index (χ1) is 13.4. The number of carbonyl (C=O) groups excluding carboxylic acids is 2. The Balaban J connectivity index is 1.69. The summed E-state index contributed by atoms with van der Waals surface area (Å²) in [6.45, 7) is 2.32. The summed E-state index contributed by atoms with van der Waals surface area (Å²) in [6, 6.07) is 11.3. The van der Waals surface area contributed by atoms with Crippen LogP contribution in [-0.2, 0) is 11.4 Å². The number of hydrogen-bond donors (Lipinski definition) is 2. The topological polar surface area (TPSA) is 95.9 Å². The third-order valence-electron chi connectivity index (χ3n) is 4.14. The minimum absolute atomic E-state index is 0.220. The van der Waals surface area contributed by atoms with E-state index in [1.54, 1.807) is 43.3 Å². The molecule has 2 N–H and O–H groups in total. The van der Waals surface area contributed by atoms with Crippen molar-refractivity contribution in [1.29, 1.82) is 0 Å². The molecule has 0 aliphatic carbocycles. The van der Waals surface area contributed by atoms with Crippen LogP contribution in [0.4, 0.5) is 4.79 Å². The van der Waals surface area contributed by atoms with Crippen molar-refractivity contribution < 1.29 is 24.2 Å². The predicted octanol–water partition coefficient (Wildman–Crippen LogP) is 3.64. The van der Waals surface area contributed by atoms with Crippen LogP contribution in [0.2, 0.25) is 0 Å². The molecule has 28 heavy (non-hydrogen) atoms. The Morgan fingerprint density at radius 1 is 1.21 bits per heavy atom. The molecule has 0 radical (unpaired) electrons. The predicted molar refractivity (Wildman–Crippen MR) is 106 cm³/mol. The van der Waals surface area contributed by atoms with Crippen molar-refractivity contribution in [2.45, 2.75) is 13.5 Å². The Hall–Kier alpha value is -3.13. The van der Waals surface area contributed by atoms with E-state index in [1.807, 2.05) is 0 Å². The molecule has 1 aliphatic heterocycles. The molecule has 0 saturated carbocycles. The second-order valence-electron chi connectivity index (χ2n) is 6.02. The molecule has 0 spiro atoms. The van der Waals surface area contributed by atoms with Gasteiger partial charge in [-0.05, 0) is 64.3 Å². The average molecular weight is 445 g/mol. The van der Waals surface area contributed by atoms with Crippen molar-refractivity contribution in [3.05, 3.63) is 69.3 Å². The van der Waals surface area contributed by atoms with Crippen molar-refractivity contribution in [2.24, 2.45) is 0 Å². The zero-order chi connectivity index (χ0) is 20.3. The second kappa shape index (κ2) is 8.26. The summed E-state index contributed by atoms with van der Waals surface area (Å²) in [5.74, 6) is -0.728. The first-order valence-electron chi connectivity index (χ1n) is 8.48. The van der Waals surface area contributed by atoms with Gasteiger partial charge in [-0.3, -0.25) is 9.69 Å². The molecule has 0 unspecified atom stereocenters. The molecule has 0 atom stereocenters. The zero-order valence-corrected chi connectivity index (χ0v) is 16.5. The number of carboxylic acids is 1. The van der Waals surface area contributed by atoms with E-state index >= 15 is 0 Å². The maximum Gasteiger partial charge on any atom is 0.335 e. The van der Waals surface area contributed by atoms with Gasteiger partial charge in [-0.2, -0.15) is 0 Å². The lowest BCUT2D eigenvalue weighted by atomic mass is 10.1.